The molecular formula is C22H26N4O6S. The average Bonchev–Trinajstić information content (AvgIpc) is 3.28. The number of hydrogen-bond donors (Lipinski definition) is 1. The molecule has 11 heteroatoms. The number of amides is 1. The van der Waals surface area contributed by atoms with Gasteiger partial charge in [0.1, 0.15) is 10.5 Å². The summed E-state index contributed by atoms with van der Waals surface area (Å²) in [6.07, 6.45) is 3.21. The Balaban J connectivity index is 1.44. The van der Waals surface area contributed by atoms with Crippen molar-refractivity contribution in [2.45, 2.75) is 11.3 Å². The van der Waals surface area contributed by atoms with Gasteiger partial charge in [-0.25, -0.2) is 13.4 Å². The second-order valence-corrected chi connectivity index (χ2v) is 9.45. The van der Waals surface area contributed by atoms with Crippen LogP contribution in [0.4, 0.5) is 0 Å². The minimum absolute atomic E-state index is 0.0994. The van der Waals surface area contributed by atoms with Crippen LogP contribution in [-0.2, 0) is 21.2 Å². The summed E-state index contributed by atoms with van der Waals surface area (Å²) in [5.74, 6) is 1.31. The van der Waals surface area contributed by atoms with E-state index in [0.717, 1.165) is 5.56 Å². The zero-order valence-corrected chi connectivity index (χ0v) is 19.5. The van der Waals surface area contributed by atoms with Crippen molar-refractivity contribution >= 4 is 27.0 Å². The van der Waals surface area contributed by atoms with Gasteiger partial charge in [-0.05, 0) is 29.8 Å². The van der Waals surface area contributed by atoms with Gasteiger partial charge in [-0.2, -0.15) is 4.31 Å². The Labute approximate surface area is 192 Å². The minimum atomic E-state index is -3.70. The molecule has 33 heavy (non-hydrogen) atoms. The molecule has 0 aliphatic carbocycles. The summed E-state index contributed by atoms with van der Waals surface area (Å²) < 4.78 is 43.8. The zero-order chi connectivity index (χ0) is 23.6. The monoisotopic (exact) mass is 474 g/mol. The van der Waals surface area contributed by atoms with Gasteiger partial charge >= 0.3 is 0 Å². The Bertz CT molecular complexity index is 1240. The number of nitrogens with one attached hydrogen (secondary N) is 1. The van der Waals surface area contributed by atoms with Gasteiger partial charge in [0.25, 0.3) is 0 Å². The predicted octanol–water partition coefficient (Wildman–Crippen LogP) is 1.66. The lowest BCUT2D eigenvalue weighted by atomic mass is 10.1. The number of piperazine rings is 1. The lowest BCUT2D eigenvalue weighted by Crippen LogP contribution is -2.50. The van der Waals surface area contributed by atoms with Crippen molar-refractivity contribution in [2.24, 2.45) is 0 Å². The maximum absolute atomic E-state index is 13.2. The molecule has 0 radical (unpaired) electrons. The van der Waals surface area contributed by atoms with Crippen molar-refractivity contribution in [3.8, 4) is 17.2 Å². The van der Waals surface area contributed by atoms with E-state index < -0.39 is 10.0 Å². The molecule has 1 amide bonds. The van der Waals surface area contributed by atoms with E-state index in [-0.39, 0.29) is 30.3 Å². The topological polar surface area (TPSA) is 114 Å². The van der Waals surface area contributed by atoms with Crippen LogP contribution in [-0.4, -0.2) is 81.0 Å². The summed E-state index contributed by atoms with van der Waals surface area (Å²) in [5.41, 5.74) is 1.24. The molecule has 3 aromatic rings. The van der Waals surface area contributed by atoms with Crippen LogP contribution in [0.1, 0.15) is 5.56 Å². The number of sulfonamides is 1. The molecule has 0 atom stereocenters. The molecule has 4 rings (SSSR count). The highest BCUT2D eigenvalue weighted by Crippen LogP contribution is 2.38. The first kappa shape index (κ1) is 22.9. The van der Waals surface area contributed by atoms with E-state index in [4.69, 9.17) is 14.2 Å². The zero-order valence-electron chi connectivity index (χ0n) is 18.7. The second kappa shape index (κ2) is 9.28. The second-order valence-electron chi connectivity index (χ2n) is 7.55. The van der Waals surface area contributed by atoms with Crippen LogP contribution in [0.3, 0.4) is 0 Å². The van der Waals surface area contributed by atoms with Crippen molar-refractivity contribution in [3.63, 3.8) is 0 Å². The smallest absolute Gasteiger partial charge is 0.245 e. The third-order valence-electron chi connectivity index (χ3n) is 5.70. The standard InChI is InChI=1S/C22H26N4O6S/c1-30-17-11-15(12-18(31-2)21(17)32-3)13-20(27)25-7-9-26(10-8-25)33(28,29)19-14-24-22-16(19)5-4-6-23-22/h4-6,11-12,14H,7-10,13H2,1-3H3,(H,23,24). The van der Waals surface area contributed by atoms with E-state index in [1.165, 1.54) is 31.8 Å². The fourth-order valence-electron chi connectivity index (χ4n) is 3.99. The summed E-state index contributed by atoms with van der Waals surface area (Å²) in [7, 11) is 0.858. The van der Waals surface area contributed by atoms with Crippen molar-refractivity contribution in [3.05, 3.63) is 42.2 Å². The Morgan fingerprint density at radius 2 is 1.73 bits per heavy atom. The molecule has 10 nitrogen and oxygen atoms in total. The summed E-state index contributed by atoms with van der Waals surface area (Å²) in [4.78, 5) is 21.8. The van der Waals surface area contributed by atoms with Gasteiger partial charge < -0.3 is 24.1 Å². The molecule has 1 aromatic carbocycles. The maximum atomic E-state index is 13.2. The van der Waals surface area contributed by atoms with Crippen molar-refractivity contribution in [2.75, 3.05) is 47.5 Å². The molecule has 3 heterocycles. The summed E-state index contributed by atoms with van der Waals surface area (Å²) in [5, 5.41) is 0.554. The highest BCUT2D eigenvalue weighted by molar-refractivity contribution is 7.89. The number of nitrogens with zero attached hydrogens (tertiary/aromatic N) is 3. The van der Waals surface area contributed by atoms with Gasteiger partial charge in [-0.15, -0.1) is 0 Å². The third kappa shape index (κ3) is 4.33. The van der Waals surface area contributed by atoms with Crippen LogP contribution in [0.5, 0.6) is 17.2 Å². The summed E-state index contributed by atoms with van der Waals surface area (Å²) >= 11 is 0. The van der Waals surface area contributed by atoms with Crippen molar-refractivity contribution in [1.82, 2.24) is 19.2 Å². The van der Waals surface area contributed by atoms with Crippen molar-refractivity contribution < 1.29 is 27.4 Å². The van der Waals surface area contributed by atoms with E-state index in [1.807, 2.05) is 0 Å². The van der Waals surface area contributed by atoms with Crippen LogP contribution >= 0.6 is 0 Å². The summed E-state index contributed by atoms with van der Waals surface area (Å²) in [6.45, 7) is 1.05. The Kier molecular flexibility index (Phi) is 6.43. The number of benzene rings is 1. The molecule has 176 valence electrons. The van der Waals surface area contributed by atoms with Gasteiger partial charge in [0.05, 0.1) is 27.8 Å². The number of rotatable bonds is 7. The van der Waals surface area contributed by atoms with Crippen LogP contribution in [0.25, 0.3) is 11.0 Å². The van der Waals surface area contributed by atoms with Gasteiger partial charge in [0.2, 0.25) is 21.7 Å². The number of fused-ring (bicyclic) bond motifs is 1. The number of carbonyl (C=O) groups is 1. The van der Waals surface area contributed by atoms with E-state index in [9.17, 15) is 13.2 Å². The van der Waals surface area contributed by atoms with E-state index in [0.29, 0.717) is 41.4 Å². The molecule has 1 aliphatic heterocycles. The molecular weight excluding hydrogens is 448 g/mol. The first-order valence-electron chi connectivity index (χ1n) is 10.4. The van der Waals surface area contributed by atoms with Crippen LogP contribution < -0.4 is 14.2 Å². The van der Waals surface area contributed by atoms with Crippen LogP contribution in [0, 0.1) is 0 Å². The molecule has 1 fully saturated rings. The fraction of sp³-hybridized carbons (Fsp3) is 0.364. The Morgan fingerprint density at radius 1 is 1.06 bits per heavy atom. The predicted molar refractivity (Wildman–Crippen MR) is 121 cm³/mol. The average molecular weight is 475 g/mol. The van der Waals surface area contributed by atoms with E-state index >= 15 is 0 Å². The lowest BCUT2D eigenvalue weighted by molar-refractivity contribution is -0.131. The number of methoxy groups -OCH3 is 3. The van der Waals surface area contributed by atoms with Crippen molar-refractivity contribution in [1.29, 1.82) is 0 Å². The van der Waals surface area contributed by atoms with Gasteiger partial charge in [0.15, 0.2) is 11.5 Å². The highest BCUT2D eigenvalue weighted by atomic mass is 32.2. The lowest BCUT2D eigenvalue weighted by Gasteiger charge is -2.34. The fourth-order valence-corrected chi connectivity index (χ4v) is 5.56. The first-order chi connectivity index (χ1) is 15.9. The number of pyridine rings is 1. The number of hydrogen-bond acceptors (Lipinski definition) is 7. The number of H-pyrrole nitrogens is 1. The van der Waals surface area contributed by atoms with Crippen LogP contribution in [0.15, 0.2) is 41.6 Å². The number of aromatic nitrogens is 2. The number of aromatic amines is 1. The van der Waals surface area contributed by atoms with Gasteiger partial charge in [0, 0.05) is 44.0 Å². The maximum Gasteiger partial charge on any atom is 0.245 e. The third-order valence-corrected chi connectivity index (χ3v) is 7.64. The molecule has 1 saturated heterocycles. The quantitative estimate of drug-likeness (QED) is 0.554. The van der Waals surface area contributed by atoms with Crippen LogP contribution in [0.2, 0.25) is 0 Å². The molecule has 0 unspecified atom stereocenters. The SMILES string of the molecule is COc1cc(CC(=O)N2CCN(S(=O)(=O)c3c[nH]c4ncccc34)CC2)cc(OC)c1OC. The number of ether oxygens (including phenoxy) is 3. The Hall–Kier alpha value is -3.31. The molecule has 0 saturated carbocycles. The molecule has 2 aromatic heterocycles. The molecule has 0 spiro atoms. The van der Waals surface area contributed by atoms with Gasteiger partial charge in [-0.1, -0.05) is 0 Å². The molecule has 1 N–H and O–H groups in total. The summed E-state index contributed by atoms with van der Waals surface area (Å²) in [6, 6.07) is 6.91. The Morgan fingerprint density at radius 3 is 2.33 bits per heavy atom. The van der Waals surface area contributed by atoms with E-state index in [1.54, 1.807) is 35.4 Å². The highest BCUT2D eigenvalue weighted by Gasteiger charge is 2.32. The van der Waals surface area contributed by atoms with Gasteiger partial charge in [-0.3, -0.25) is 4.79 Å². The normalized spacial score (nSPS) is 14.9. The number of carbonyl (C=O) groups excluding carboxylic acids is 1. The molecule has 0 bridgehead atoms. The van der Waals surface area contributed by atoms with E-state index in [2.05, 4.69) is 9.97 Å². The largest absolute Gasteiger partial charge is 0.493 e. The minimum Gasteiger partial charge on any atom is -0.493 e. The molecule has 1 aliphatic rings. The first-order valence-corrected chi connectivity index (χ1v) is 11.8.